The summed E-state index contributed by atoms with van der Waals surface area (Å²) in [6.07, 6.45) is 7.34. The standard InChI is InChI=1S/C20H30N2O/c1-4-17(14-21(3)18-10-11-18)22-15(2)6-5-7-20(22)16-8-12-19(23)13-9-16/h8-9,12-13,17-18,20,23H,2,4-7,10-11,14H2,1,3H3. The lowest BCUT2D eigenvalue weighted by atomic mass is 9.91. The molecule has 3 heteroatoms. The fraction of sp³-hybridized carbons (Fsp3) is 0.600. The van der Waals surface area contributed by atoms with Gasteiger partial charge in [0, 0.05) is 24.3 Å². The molecule has 1 aromatic carbocycles. The maximum Gasteiger partial charge on any atom is 0.115 e. The lowest BCUT2D eigenvalue weighted by Gasteiger charge is -2.45. The quantitative estimate of drug-likeness (QED) is 0.848. The van der Waals surface area contributed by atoms with Crippen molar-refractivity contribution in [2.45, 2.75) is 63.6 Å². The van der Waals surface area contributed by atoms with Gasteiger partial charge in [0.2, 0.25) is 0 Å². The van der Waals surface area contributed by atoms with Crippen molar-refractivity contribution in [3.8, 4) is 5.75 Å². The molecule has 2 fully saturated rings. The predicted molar refractivity (Wildman–Crippen MR) is 95.4 cm³/mol. The molecule has 0 aromatic heterocycles. The topological polar surface area (TPSA) is 26.7 Å². The van der Waals surface area contributed by atoms with E-state index in [2.05, 4.69) is 42.5 Å². The van der Waals surface area contributed by atoms with Crippen LogP contribution in [0.3, 0.4) is 0 Å². The van der Waals surface area contributed by atoms with Crippen molar-refractivity contribution in [2.24, 2.45) is 0 Å². The third kappa shape index (κ3) is 3.72. The van der Waals surface area contributed by atoms with Gasteiger partial charge in [-0.25, -0.2) is 0 Å². The summed E-state index contributed by atoms with van der Waals surface area (Å²) in [5.41, 5.74) is 2.58. The van der Waals surface area contributed by atoms with Gasteiger partial charge in [-0.15, -0.1) is 0 Å². The number of piperidine rings is 1. The molecule has 1 N–H and O–H groups in total. The minimum Gasteiger partial charge on any atom is -0.508 e. The first kappa shape index (κ1) is 16.4. The van der Waals surface area contributed by atoms with Gasteiger partial charge in [-0.05, 0) is 63.3 Å². The van der Waals surface area contributed by atoms with E-state index in [1.165, 1.54) is 36.9 Å². The Labute approximate surface area is 140 Å². The van der Waals surface area contributed by atoms with Crippen LogP contribution in [0.25, 0.3) is 0 Å². The summed E-state index contributed by atoms with van der Waals surface area (Å²) in [5, 5.41) is 9.58. The monoisotopic (exact) mass is 314 g/mol. The molecule has 1 aliphatic heterocycles. The highest BCUT2D eigenvalue weighted by Gasteiger charge is 2.34. The van der Waals surface area contributed by atoms with E-state index < -0.39 is 0 Å². The molecule has 1 saturated carbocycles. The highest BCUT2D eigenvalue weighted by Crippen LogP contribution is 2.39. The third-order valence-electron chi connectivity index (χ3n) is 5.46. The Kier molecular flexibility index (Phi) is 4.96. The maximum atomic E-state index is 9.58. The zero-order valence-corrected chi connectivity index (χ0v) is 14.5. The highest BCUT2D eigenvalue weighted by atomic mass is 16.3. The fourth-order valence-corrected chi connectivity index (χ4v) is 3.94. The Balaban J connectivity index is 1.80. The number of phenols is 1. The number of hydrogen-bond acceptors (Lipinski definition) is 3. The lowest BCUT2D eigenvalue weighted by molar-refractivity contribution is 0.108. The van der Waals surface area contributed by atoms with Gasteiger partial charge in [0.1, 0.15) is 5.75 Å². The van der Waals surface area contributed by atoms with Crippen molar-refractivity contribution in [1.82, 2.24) is 9.80 Å². The Morgan fingerprint density at radius 1 is 1.26 bits per heavy atom. The van der Waals surface area contributed by atoms with E-state index in [9.17, 15) is 5.11 Å². The van der Waals surface area contributed by atoms with Gasteiger partial charge in [-0.3, -0.25) is 0 Å². The van der Waals surface area contributed by atoms with E-state index >= 15 is 0 Å². The number of nitrogens with zero attached hydrogens (tertiary/aromatic N) is 2. The number of hydrogen-bond donors (Lipinski definition) is 1. The van der Waals surface area contributed by atoms with Crippen LogP contribution in [0.1, 0.15) is 57.1 Å². The van der Waals surface area contributed by atoms with Gasteiger partial charge in [0.05, 0.1) is 6.04 Å². The first-order valence-corrected chi connectivity index (χ1v) is 9.05. The molecule has 1 aliphatic carbocycles. The van der Waals surface area contributed by atoms with E-state index in [-0.39, 0.29) is 0 Å². The largest absolute Gasteiger partial charge is 0.508 e. The fourth-order valence-electron chi connectivity index (χ4n) is 3.94. The summed E-state index contributed by atoms with van der Waals surface area (Å²) in [6.45, 7) is 7.80. The molecule has 23 heavy (non-hydrogen) atoms. The van der Waals surface area contributed by atoms with Gasteiger partial charge in [0.25, 0.3) is 0 Å². The summed E-state index contributed by atoms with van der Waals surface area (Å²) < 4.78 is 0. The zero-order chi connectivity index (χ0) is 16.4. The SMILES string of the molecule is C=C1CCCC(c2ccc(O)cc2)N1C(CC)CN(C)C1CC1. The van der Waals surface area contributed by atoms with E-state index in [1.54, 1.807) is 0 Å². The van der Waals surface area contributed by atoms with Gasteiger partial charge in [-0.2, -0.15) is 0 Å². The molecule has 2 aliphatic rings. The molecule has 0 spiro atoms. The molecule has 0 radical (unpaired) electrons. The maximum absolute atomic E-state index is 9.58. The van der Waals surface area contributed by atoms with E-state index in [4.69, 9.17) is 0 Å². The van der Waals surface area contributed by atoms with Gasteiger partial charge < -0.3 is 14.9 Å². The minimum atomic E-state index is 0.343. The van der Waals surface area contributed by atoms with Crippen LogP contribution in [-0.2, 0) is 0 Å². The average molecular weight is 314 g/mol. The highest BCUT2D eigenvalue weighted by molar-refractivity contribution is 5.29. The third-order valence-corrected chi connectivity index (χ3v) is 5.46. The Morgan fingerprint density at radius 2 is 1.96 bits per heavy atom. The molecule has 3 rings (SSSR count). The number of likely N-dealkylation sites (N-methyl/N-ethyl adjacent to an activating group) is 1. The first-order valence-electron chi connectivity index (χ1n) is 9.05. The van der Waals surface area contributed by atoms with E-state index in [0.29, 0.717) is 17.8 Å². The van der Waals surface area contributed by atoms with Crippen molar-refractivity contribution in [1.29, 1.82) is 0 Å². The summed E-state index contributed by atoms with van der Waals surface area (Å²) in [7, 11) is 2.27. The number of likely N-dealkylation sites (tertiary alicyclic amines) is 1. The van der Waals surface area contributed by atoms with Crippen molar-refractivity contribution in [3.63, 3.8) is 0 Å². The van der Waals surface area contributed by atoms with Crippen LogP contribution in [0.4, 0.5) is 0 Å². The van der Waals surface area contributed by atoms with E-state index in [1.807, 2.05) is 12.1 Å². The van der Waals surface area contributed by atoms with Crippen molar-refractivity contribution in [3.05, 3.63) is 42.1 Å². The summed E-state index contributed by atoms with van der Waals surface area (Å²) >= 11 is 0. The Hall–Kier alpha value is -1.48. The molecule has 0 bridgehead atoms. The van der Waals surface area contributed by atoms with Crippen molar-refractivity contribution in [2.75, 3.05) is 13.6 Å². The number of phenolic OH excluding ortho intramolecular Hbond substituents is 1. The molecule has 1 saturated heterocycles. The van der Waals surface area contributed by atoms with Crippen LogP contribution in [0.15, 0.2) is 36.5 Å². The molecule has 2 unspecified atom stereocenters. The molecule has 3 nitrogen and oxygen atoms in total. The smallest absolute Gasteiger partial charge is 0.115 e. The zero-order valence-electron chi connectivity index (χ0n) is 14.5. The number of aromatic hydroxyl groups is 1. The van der Waals surface area contributed by atoms with Crippen molar-refractivity contribution >= 4 is 0 Å². The molecule has 126 valence electrons. The van der Waals surface area contributed by atoms with Crippen LogP contribution in [0, 0.1) is 0 Å². The molecule has 1 heterocycles. The summed E-state index contributed by atoms with van der Waals surface area (Å²) in [5.74, 6) is 0.343. The Morgan fingerprint density at radius 3 is 2.57 bits per heavy atom. The number of allylic oxidation sites excluding steroid dienone is 1. The average Bonchev–Trinajstić information content (AvgIpc) is 3.38. The van der Waals surface area contributed by atoms with Crippen LogP contribution >= 0.6 is 0 Å². The molecule has 2 atom stereocenters. The van der Waals surface area contributed by atoms with Crippen LogP contribution in [-0.4, -0.2) is 40.6 Å². The van der Waals surface area contributed by atoms with E-state index in [0.717, 1.165) is 25.4 Å². The van der Waals surface area contributed by atoms with Crippen molar-refractivity contribution < 1.29 is 5.11 Å². The first-order chi connectivity index (χ1) is 11.1. The minimum absolute atomic E-state index is 0.343. The van der Waals surface area contributed by atoms with Crippen LogP contribution in [0.2, 0.25) is 0 Å². The lowest BCUT2D eigenvalue weighted by Crippen LogP contribution is -2.45. The molecular formula is C20H30N2O. The second kappa shape index (κ2) is 6.96. The predicted octanol–water partition coefficient (Wildman–Crippen LogP) is 4.31. The Bertz CT molecular complexity index is 535. The van der Waals surface area contributed by atoms with Gasteiger partial charge in [-0.1, -0.05) is 25.6 Å². The summed E-state index contributed by atoms with van der Waals surface area (Å²) in [4.78, 5) is 5.11. The normalized spacial score (nSPS) is 23.3. The number of benzene rings is 1. The van der Waals surface area contributed by atoms with Crippen LogP contribution < -0.4 is 0 Å². The second-order valence-corrected chi connectivity index (χ2v) is 7.21. The molecule has 1 aromatic rings. The van der Waals surface area contributed by atoms with Gasteiger partial charge in [0.15, 0.2) is 0 Å². The molecular weight excluding hydrogens is 284 g/mol. The second-order valence-electron chi connectivity index (χ2n) is 7.21. The van der Waals surface area contributed by atoms with Crippen LogP contribution in [0.5, 0.6) is 5.75 Å². The summed E-state index contributed by atoms with van der Waals surface area (Å²) in [6, 6.07) is 9.48. The number of rotatable bonds is 6. The molecule has 0 amide bonds. The van der Waals surface area contributed by atoms with Gasteiger partial charge >= 0.3 is 0 Å².